The van der Waals surface area contributed by atoms with Gasteiger partial charge in [0.1, 0.15) is 5.82 Å². The zero-order chi connectivity index (χ0) is 13.9. The number of hydrogen-bond donors (Lipinski definition) is 2. The molecule has 1 fully saturated rings. The third kappa shape index (κ3) is 2.74. The van der Waals surface area contributed by atoms with Crippen molar-refractivity contribution in [1.29, 1.82) is 0 Å². The van der Waals surface area contributed by atoms with Crippen LogP contribution in [0.15, 0.2) is 35.6 Å². The fourth-order valence-corrected chi connectivity index (χ4v) is 1.85. The van der Waals surface area contributed by atoms with E-state index in [1.165, 1.54) is 18.3 Å². The second-order valence-corrected chi connectivity index (χ2v) is 4.71. The molecule has 2 N–H and O–H groups in total. The summed E-state index contributed by atoms with van der Waals surface area (Å²) in [5.41, 5.74) is 4.78. The molecule has 1 aromatic heterocycles. The summed E-state index contributed by atoms with van der Waals surface area (Å²) in [6.07, 6.45) is 5.02. The molecule has 0 radical (unpaired) electrons. The van der Waals surface area contributed by atoms with E-state index < -0.39 is 0 Å². The standard InChI is InChI=1S/C14H13FN4O/c15-11-5-3-9(4-6-11)12-7-16-18-13(12)8-17-19-14(20)10-1-2-10/h3-8,10H,1-2H2,(H,16,18)(H,19,20)/b17-8-. The van der Waals surface area contributed by atoms with E-state index in [0.717, 1.165) is 24.0 Å². The van der Waals surface area contributed by atoms with Crippen molar-refractivity contribution >= 4 is 12.1 Å². The molecule has 1 amide bonds. The number of aromatic amines is 1. The van der Waals surface area contributed by atoms with Crippen molar-refractivity contribution in [2.24, 2.45) is 11.0 Å². The summed E-state index contributed by atoms with van der Waals surface area (Å²) in [6.45, 7) is 0. The Kier molecular flexibility index (Phi) is 3.28. The van der Waals surface area contributed by atoms with E-state index in [0.29, 0.717) is 5.69 Å². The van der Waals surface area contributed by atoms with Crippen molar-refractivity contribution in [2.45, 2.75) is 12.8 Å². The van der Waals surface area contributed by atoms with Crippen LogP contribution in [0, 0.1) is 11.7 Å². The predicted octanol–water partition coefficient (Wildman–Crippen LogP) is 2.08. The maximum Gasteiger partial charge on any atom is 0.243 e. The number of benzene rings is 1. The monoisotopic (exact) mass is 272 g/mol. The second-order valence-electron chi connectivity index (χ2n) is 4.71. The van der Waals surface area contributed by atoms with Gasteiger partial charge in [-0.05, 0) is 30.5 Å². The van der Waals surface area contributed by atoms with Gasteiger partial charge in [0.05, 0.1) is 18.1 Å². The number of amides is 1. The van der Waals surface area contributed by atoms with E-state index >= 15 is 0 Å². The van der Waals surface area contributed by atoms with Gasteiger partial charge in [-0.2, -0.15) is 10.2 Å². The van der Waals surface area contributed by atoms with E-state index in [1.807, 2.05) is 0 Å². The minimum absolute atomic E-state index is 0.0518. The number of H-pyrrole nitrogens is 1. The highest BCUT2D eigenvalue weighted by molar-refractivity contribution is 5.89. The van der Waals surface area contributed by atoms with E-state index in [1.54, 1.807) is 18.3 Å². The molecule has 1 aliphatic rings. The molecule has 2 aromatic rings. The molecule has 1 heterocycles. The Balaban J connectivity index is 1.74. The number of nitrogens with zero attached hydrogens (tertiary/aromatic N) is 2. The number of hydrazone groups is 1. The van der Waals surface area contributed by atoms with Crippen molar-refractivity contribution in [2.75, 3.05) is 0 Å². The molecule has 1 saturated carbocycles. The van der Waals surface area contributed by atoms with Gasteiger partial charge in [0.25, 0.3) is 0 Å². The molecule has 0 spiro atoms. The highest BCUT2D eigenvalue weighted by atomic mass is 19.1. The molecule has 5 nitrogen and oxygen atoms in total. The van der Waals surface area contributed by atoms with E-state index in [9.17, 15) is 9.18 Å². The Morgan fingerprint density at radius 1 is 1.40 bits per heavy atom. The maximum atomic E-state index is 12.9. The number of carbonyl (C=O) groups is 1. The van der Waals surface area contributed by atoms with Crippen LogP contribution in [0.1, 0.15) is 18.5 Å². The molecule has 1 aromatic carbocycles. The summed E-state index contributed by atoms with van der Waals surface area (Å²) in [5.74, 6) is -0.223. The van der Waals surface area contributed by atoms with Crippen molar-refractivity contribution in [3.05, 3.63) is 42.0 Å². The Hall–Kier alpha value is -2.50. The molecule has 0 atom stereocenters. The Bertz CT molecular complexity index is 643. The van der Waals surface area contributed by atoms with Crippen LogP contribution in [0.5, 0.6) is 0 Å². The van der Waals surface area contributed by atoms with Gasteiger partial charge in [-0.15, -0.1) is 0 Å². The van der Waals surface area contributed by atoms with Gasteiger partial charge >= 0.3 is 0 Å². The normalized spacial score (nSPS) is 14.7. The first kappa shape index (κ1) is 12.5. The fraction of sp³-hybridized carbons (Fsp3) is 0.214. The fourth-order valence-electron chi connectivity index (χ4n) is 1.85. The van der Waals surface area contributed by atoms with Crippen LogP contribution < -0.4 is 5.43 Å². The van der Waals surface area contributed by atoms with Gasteiger partial charge in [-0.25, -0.2) is 9.82 Å². The quantitative estimate of drug-likeness (QED) is 0.660. The lowest BCUT2D eigenvalue weighted by atomic mass is 10.1. The number of halogens is 1. The van der Waals surface area contributed by atoms with Crippen LogP contribution >= 0.6 is 0 Å². The van der Waals surface area contributed by atoms with Crippen molar-refractivity contribution < 1.29 is 9.18 Å². The van der Waals surface area contributed by atoms with Crippen molar-refractivity contribution in [3.8, 4) is 11.1 Å². The Labute approximate surface area is 114 Å². The minimum Gasteiger partial charge on any atom is -0.276 e. The van der Waals surface area contributed by atoms with E-state index in [-0.39, 0.29) is 17.6 Å². The van der Waals surface area contributed by atoms with E-state index in [4.69, 9.17) is 0 Å². The van der Waals surface area contributed by atoms with Crippen LogP contribution in [0.2, 0.25) is 0 Å². The van der Waals surface area contributed by atoms with Gasteiger partial charge in [0, 0.05) is 11.5 Å². The summed E-state index contributed by atoms with van der Waals surface area (Å²) in [5, 5.41) is 10.6. The largest absolute Gasteiger partial charge is 0.276 e. The van der Waals surface area contributed by atoms with Crippen molar-refractivity contribution in [1.82, 2.24) is 15.6 Å². The third-order valence-electron chi connectivity index (χ3n) is 3.14. The molecule has 0 unspecified atom stereocenters. The summed E-state index contributed by atoms with van der Waals surface area (Å²) in [7, 11) is 0. The first-order valence-electron chi connectivity index (χ1n) is 6.36. The van der Waals surface area contributed by atoms with Gasteiger partial charge in [-0.3, -0.25) is 9.89 Å². The Morgan fingerprint density at radius 2 is 2.15 bits per heavy atom. The molecule has 0 saturated heterocycles. The van der Waals surface area contributed by atoms with Crippen molar-refractivity contribution in [3.63, 3.8) is 0 Å². The molecule has 0 bridgehead atoms. The van der Waals surface area contributed by atoms with Gasteiger partial charge in [-0.1, -0.05) is 12.1 Å². The highest BCUT2D eigenvalue weighted by Gasteiger charge is 2.29. The SMILES string of the molecule is O=C(N/N=C\c1[nH]ncc1-c1ccc(F)cc1)C1CC1. The minimum atomic E-state index is -0.288. The van der Waals surface area contributed by atoms with E-state index in [2.05, 4.69) is 20.7 Å². The predicted molar refractivity (Wildman–Crippen MR) is 72.4 cm³/mol. The average molecular weight is 272 g/mol. The number of hydrogen-bond acceptors (Lipinski definition) is 3. The molecule has 1 aliphatic carbocycles. The number of carbonyl (C=O) groups excluding carboxylic acids is 1. The topological polar surface area (TPSA) is 70.1 Å². The first-order chi connectivity index (χ1) is 9.74. The molecule has 6 heteroatoms. The highest BCUT2D eigenvalue weighted by Crippen LogP contribution is 2.28. The molecule has 0 aliphatic heterocycles. The number of rotatable bonds is 4. The van der Waals surface area contributed by atoms with Gasteiger partial charge in [0.2, 0.25) is 5.91 Å². The summed E-state index contributed by atoms with van der Waals surface area (Å²) in [6, 6.07) is 6.11. The average Bonchev–Trinajstić information content (AvgIpc) is 3.20. The number of nitrogens with one attached hydrogen (secondary N) is 2. The number of aromatic nitrogens is 2. The van der Waals surface area contributed by atoms with Crippen LogP contribution in [0.3, 0.4) is 0 Å². The molecule has 20 heavy (non-hydrogen) atoms. The smallest absolute Gasteiger partial charge is 0.243 e. The van der Waals surface area contributed by atoms with Crippen LogP contribution in [-0.4, -0.2) is 22.3 Å². The molecule has 102 valence electrons. The first-order valence-corrected chi connectivity index (χ1v) is 6.36. The molecular weight excluding hydrogens is 259 g/mol. The lowest BCUT2D eigenvalue weighted by Crippen LogP contribution is -2.19. The van der Waals surface area contributed by atoms with Crippen LogP contribution in [-0.2, 0) is 4.79 Å². The molecular formula is C14H13FN4O. The maximum absolute atomic E-state index is 12.9. The van der Waals surface area contributed by atoms with Crippen LogP contribution in [0.25, 0.3) is 11.1 Å². The van der Waals surface area contributed by atoms with Crippen LogP contribution in [0.4, 0.5) is 4.39 Å². The third-order valence-corrected chi connectivity index (χ3v) is 3.14. The lowest BCUT2D eigenvalue weighted by molar-refractivity contribution is -0.122. The molecule has 3 rings (SSSR count). The second kappa shape index (κ2) is 5.24. The lowest BCUT2D eigenvalue weighted by Gasteiger charge is -1.99. The summed E-state index contributed by atoms with van der Waals surface area (Å²) >= 11 is 0. The van der Waals surface area contributed by atoms with Gasteiger partial charge in [0.15, 0.2) is 0 Å². The summed E-state index contributed by atoms with van der Waals surface area (Å²) < 4.78 is 12.9. The summed E-state index contributed by atoms with van der Waals surface area (Å²) in [4.78, 5) is 11.4. The Morgan fingerprint density at radius 3 is 2.85 bits per heavy atom. The zero-order valence-corrected chi connectivity index (χ0v) is 10.6. The zero-order valence-electron chi connectivity index (χ0n) is 10.6. The van der Waals surface area contributed by atoms with Gasteiger partial charge < -0.3 is 0 Å².